The summed E-state index contributed by atoms with van der Waals surface area (Å²) in [7, 11) is 0. The molecule has 0 bridgehead atoms. The predicted molar refractivity (Wildman–Crippen MR) is 310 cm³/mol. The number of anilines is 6. The number of nitrogens with zero attached hydrogens (tertiary/aromatic N) is 4. The molecule has 0 radical (unpaired) electrons. The van der Waals surface area contributed by atoms with Gasteiger partial charge in [0, 0.05) is 82.6 Å². The fraction of sp³-hybridized carbons (Fsp3) is 0. The van der Waals surface area contributed by atoms with E-state index in [0.29, 0.717) is 17.1 Å². The Bertz CT molecular complexity index is 4280. The molecule has 6 N–H and O–H groups in total. The molecular formula is C66H45N7. The summed E-state index contributed by atoms with van der Waals surface area (Å²) in [6, 6.07) is 84.8. The van der Waals surface area contributed by atoms with E-state index < -0.39 is 0 Å². The zero-order valence-corrected chi connectivity index (χ0v) is 39.5. The van der Waals surface area contributed by atoms with Crippen molar-refractivity contribution in [3.05, 3.63) is 237 Å². The van der Waals surface area contributed by atoms with Crippen molar-refractivity contribution in [1.29, 1.82) is 0 Å². The molecule has 7 heteroatoms. The maximum atomic E-state index is 6.67. The molecule has 15 rings (SSSR count). The van der Waals surface area contributed by atoms with Gasteiger partial charge in [-0.15, -0.1) is 0 Å². The highest BCUT2D eigenvalue weighted by atomic mass is 15.2. The van der Waals surface area contributed by atoms with Crippen LogP contribution in [0.5, 0.6) is 0 Å². The number of hydrogen-bond donors (Lipinski definition) is 3. The normalized spacial score (nSPS) is 12.0. The molecule has 0 fully saturated rings. The van der Waals surface area contributed by atoms with Crippen LogP contribution in [0, 0.1) is 0 Å². The van der Waals surface area contributed by atoms with E-state index in [1.807, 2.05) is 18.2 Å². The number of aromatic nitrogens is 3. The number of fused-ring (bicyclic) bond motifs is 15. The average molecular weight is 936 g/mol. The Labute approximate surface area is 419 Å². The first-order chi connectivity index (χ1) is 36.0. The molecule has 0 amide bonds. The van der Waals surface area contributed by atoms with Gasteiger partial charge in [0.05, 0.1) is 50.2 Å². The lowest BCUT2D eigenvalue weighted by atomic mass is 9.96. The van der Waals surface area contributed by atoms with Crippen LogP contribution >= 0.6 is 0 Å². The van der Waals surface area contributed by atoms with Gasteiger partial charge in [-0.05, 0) is 107 Å². The summed E-state index contributed by atoms with van der Waals surface area (Å²) in [4.78, 5) is 2.55. The Kier molecular flexibility index (Phi) is 8.68. The molecule has 12 aromatic carbocycles. The molecule has 0 atom stereocenters. The highest BCUT2D eigenvalue weighted by Crippen LogP contribution is 2.52. The second-order valence-electron chi connectivity index (χ2n) is 19.2. The predicted octanol–water partition coefficient (Wildman–Crippen LogP) is 16.7. The van der Waals surface area contributed by atoms with Gasteiger partial charge in [-0.1, -0.05) is 146 Å². The van der Waals surface area contributed by atoms with Crippen LogP contribution < -0.4 is 22.1 Å². The van der Waals surface area contributed by atoms with Crippen molar-refractivity contribution < 1.29 is 0 Å². The second kappa shape index (κ2) is 15.5. The Morgan fingerprint density at radius 2 is 0.493 bits per heavy atom. The molecule has 0 spiro atoms. The third-order valence-electron chi connectivity index (χ3n) is 15.1. The summed E-state index contributed by atoms with van der Waals surface area (Å²) in [5, 5.41) is 13.7. The SMILES string of the molecule is Nc1ccc2c3c4ccccc4c(N(c4cc5c(c6ccccc46)c4ccc(N)cc4n5-c4ccccc4)c4cc5c(c6ccccc46)c4ccc(N)cc4n5-c4ccccc4)cc3n(-c3ccccc3)c2c1. The van der Waals surface area contributed by atoms with Gasteiger partial charge in [0.2, 0.25) is 0 Å². The number of nitrogen functional groups attached to an aromatic ring is 3. The summed E-state index contributed by atoms with van der Waals surface area (Å²) in [6.45, 7) is 0. The first-order valence-corrected chi connectivity index (χ1v) is 24.7. The molecule has 0 aliphatic carbocycles. The van der Waals surface area contributed by atoms with Gasteiger partial charge < -0.3 is 35.8 Å². The van der Waals surface area contributed by atoms with E-state index in [1.165, 1.54) is 16.2 Å². The zero-order chi connectivity index (χ0) is 48.5. The van der Waals surface area contributed by atoms with Gasteiger partial charge >= 0.3 is 0 Å². The Morgan fingerprint density at radius 3 is 0.781 bits per heavy atom. The van der Waals surface area contributed by atoms with Crippen molar-refractivity contribution in [2.45, 2.75) is 0 Å². The van der Waals surface area contributed by atoms with Gasteiger partial charge in [0.15, 0.2) is 0 Å². The monoisotopic (exact) mass is 935 g/mol. The van der Waals surface area contributed by atoms with E-state index in [2.05, 4.69) is 237 Å². The van der Waals surface area contributed by atoms with Gasteiger partial charge in [0.1, 0.15) is 0 Å². The number of rotatable bonds is 6. The van der Waals surface area contributed by atoms with Crippen molar-refractivity contribution in [1.82, 2.24) is 13.7 Å². The van der Waals surface area contributed by atoms with Crippen LogP contribution in [-0.4, -0.2) is 13.7 Å². The van der Waals surface area contributed by atoms with Crippen LogP contribution in [0.1, 0.15) is 0 Å². The van der Waals surface area contributed by atoms with Gasteiger partial charge in [-0.2, -0.15) is 0 Å². The highest BCUT2D eigenvalue weighted by molar-refractivity contribution is 6.30. The maximum Gasteiger partial charge on any atom is 0.0568 e. The molecule has 7 nitrogen and oxygen atoms in total. The van der Waals surface area contributed by atoms with E-state index in [9.17, 15) is 0 Å². The Morgan fingerprint density at radius 1 is 0.233 bits per heavy atom. The van der Waals surface area contributed by atoms with E-state index in [-0.39, 0.29) is 0 Å². The molecule has 0 aliphatic heterocycles. The standard InChI is InChI=1S/C66H45N7/c67-40-28-31-52-55(34-40)70(43-16-4-1-5-17-43)61-37-58(46-22-10-13-25-49(46)64(52)61)73(59-38-62-65(50-26-14-11-23-47(50)59)53-32-29-41(68)35-56(53)71(62)44-18-6-2-7-19-44)60-39-63-66(51-27-15-12-24-48(51)60)54-33-30-42(69)36-57(54)72(63)45-20-8-3-9-21-45/h1-39H,67-69H2. The first kappa shape index (κ1) is 40.9. The molecule has 0 unspecified atom stereocenters. The number of para-hydroxylation sites is 3. The summed E-state index contributed by atoms with van der Waals surface area (Å²) < 4.78 is 7.15. The maximum absolute atomic E-state index is 6.67. The van der Waals surface area contributed by atoms with Crippen molar-refractivity contribution in [3.63, 3.8) is 0 Å². The Hall–Kier alpha value is -9.98. The van der Waals surface area contributed by atoms with Crippen LogP contribution in [0.15, 0.2) is 237 Å². The zero-order valence-electron chi connectivity index (χ0n) is 39.5. The van der Waals surface area contributed by atoms with Gasteiger partial charge in [-0.3, -0.25) is 0 Å². The van der Waals surface area contributed by atoms with E-state index in [4.69, 9.17) is 17.2 Å². The lowest BCUT2D eigenvalue weighted by molar-refractivity contribution is 1.17. The Balaban J connectivity index is 1.18. The largest absolute Gasteiger partial charge is 0.399 e. The quantitative estimate of drug-likeness (QED) is 0.145. The average Bonchev–Trinajstić information content (AvgIpc) is 4.06. The number of nitrogens with two attached hydrogens (primary N) is 3. The minimum absolute atomic E-state index is 0.712. The van der Waals surface area contributed by atoms with Crippen molar-refractivity contribution >= 4 is 132 Å². The fourth-order valence-electron chi connectivity index (χ4n) is 12.1. The minimum Gasteiger partial charge on any atom is -0.399 e. The smallest absolute Gasteiger partial charge is 0.0568 e. The van der Waals surface area contributed by atoms with E-state index in [0.717, 1.165) is 116 Å². The number of hydrogen-bond acceptors (Lipinski definition) is 4. The number of benzene rings is 12. The molecule has 3 aromatic heterocycles. The summed E-state index contributed by atoms with van der Waals surface area (Å²) >= 11 is 0. The lowest BCUT2D eigenvalue weighted by Gasteiger charge is -2.30. The molecule has 0 saturated heterocycles. The highest BCUT2D eigenvalue weighted by Gasteiger charge is 2.28. The molecule has 0 aliphatic rings. The molecular weight excluding hydrogens is 891 g/mol. The van der Waals surface area contributed by atoms with Crippen LogP contribution in [0.3, 0.4) is 0 Å². The van der Waals surface area contributed by atoms with Crippen molar-refractivity contribution in [2.75, 3.05) is 22.1 Å². The minimum atomic E-state index is 0.712. The molecule has 0 saturated carbocycles. The molecule has 344 valence electrons. The summed E-state index contributed by atoms with van der Waals surface area (Å²) in [5.74, 6) is 0. The fourth-order valence-corrected chi connectivity index (χ4v) is 12.1. The second-order valence-corrected chi connectivity index (χ2v) is 19.2. The third-order valence-corrected chi connectivity index (χ3v) is 15.1. The first-order valence-electron chi connectivity index (χ1n) is 24.7. The van der Waals surface area contributed by atoms with Crippen LogP contribution in [-0.2, 0) is 0 Å². The summed E-state index contributed by atoms with van der Waals surface area (Å²) in [5.41, 5.74) is 34.8. The van der Waals surface area contributed by atoms with Crippen LogP contribution in [0.25, 0.3) is 115 Å². The summed E-state index contributed by atoms with van der Waals surface area (Å²) in [6.07, 6.45) is 0. The van der Waals surface area contributed by atoms with Crippen LogP contribution in [0.2, 0.25) is 0 Å². The molecule has 3 heterocycles. The van der Waals surface area contributed by atoms with Gasteiger partial charge in [0.25, 0.3) is 0 Å². The topological polar surface area (TPSA) is 96.1 Å². The third kappa shape index (κ3) is 5.94. The lowest BCUT2D eigenvalue weighted by Crippen LogP contribution is -2.13. The van der Waals surface area contributed by atoms with Crippen LogP contribution in [0.4, 0.5) is 34.1 Å². The van der Waals surface area contributed by atoms with E-state index >= 15 is 0 Å². The van der Waals surface area contributed by atoms with Crippen molar-refractivity contribution in [2.24, 2.45) is 0 Å². The van der Waals surface area contributed by atoms with Crippen molar-refractivity contribution in [3.8, 4) is 17.1 Å². The molecule has 15 aromatic rings. The van der Waals surface area contributed by atoms with Gasteiger partial charge in [-0.25, -0.2) is 0 Å². The molecule has 73 heavy (non-hydrogen) atoms. The van der Waals surface area contributed by atoms with E-state index in [1.54, 1.807) is 0 Å².